The molecule has 24 valence electrons. The van der Waals surface area contributed by atoms with Crippen LogP contribution >= 0.6 is 0 Å². The summed E-state index contributed by atoms with van der Waals surface area (Å²) < 4.78 is 0. The molecule has 0 aliphatic carbocycles. The summed E-state index contributed by atoms with van der Waals surface area (Å²) in [6.45, 7) is 0. The zero-order chi connectivity index (χ0) is 0. The normalized spacial score (nSPS) is 0. The maximum absolute atomic E-state index is 0. The average Bonchev–Trinajstić information content (AvgIpc) is 0. The van der Waals surface area contributed by atoms with E-state index < -0.39 is 0 Å². The van der Waals surface area contributed by atoms with Gasteiger partial charge < -0.3 is 41.4 Å². The summed E-state index contributed by atoms with van der Waals surface area (Å²) in [7, 11) is 0. The van der Waals surface area contributed by atoms with Gasteiger partial charge in [-0.1, -0.05) is 0 Å². The molecule has 0 rings (SSSR count). The van der Waals surface area contributed by atoms with Crippen LogP contribution < -0.4 is 90.5 Å². The van der Waals surface area contributed by atoms with E-state index in [9.17, 15) is 0 Å². The first-order chi connectivity index (χ1) is 0. The summed E-state index contributed by atoms with van der Waals surface area (Å²) in [5.74, 6) is 0. The molecule has 5 heteroatoms. The predicted molar refractivity (Wildman–Crippen MR) is 6.41 cm³/mol. The van der Waals surface area contributed by atoms with Crippen molar-refractivity contribution in [2.45, 2.75) is 0 Å². The van der Waals surface area contributed by atoms with Gasteiger partial charge in [0.15, 0.2) is 0 Å². The predicted octanol–water partition coefficient (Wildman–Crippen LogP) is -14.5. The van der Waals surface area contributed by atoms with Crippen LogP contribution in [0.1, 0.15) is 0 Å². The molecule has 0 nitrogen and oxygen atoms in total. The molecule has 0 aliphatic heterocycles. The van der Waals surface area contributed by atoms with Gasteiger partial charge in [0.1, 0.15) is 0 Å². The molecular formula is CH3Br2Li3. The van der Waals surface area contributed by atoms with Crippen molar-refractivity contribution in [1.82, 2.24) is 0 Å². The largest absolute Gasteiger partial charge is 1.00 e. The molecule has 0 amide bonds. The molecule has 0 aromatic carbocycles. The Bertz CT molecular complexity index is 8.75. The monoisotopic (exact) mass is 194 g/mol. The molecule has 0 saturated heterocycles. The fraction of sp³-hybridized carbons (Fsp3) is 0. The van der Waals surface area contributed by atoms with Crippen molar-refractivity contribution in [3.05, 3.63) is 7.43 Å². The first kappa shape index (κ1) is 69.4. The average molecular weight is 196 g/mol. The van der Waals surface area contributed by atoms with Gasteiger partial charge in [0, 0.05) is 0 Å². The van der Waals surface area contributed by atoms with Crippen molar-refractivity contribution in [3.8, 4) is 0 Å². The standard InChI is InChI=1S/CH3.2BrH.3Li/h1H3;2*1H;;;/q-1;;;3*+1/p-2. The third-order valence-corrected chi connectivity index (χ3v) is 0. The maximum atomic E-state index is 0. The van der Waals surface area contributed by atoms with Gasteiger partial charge in [-0.3, -0.25) is 0 Å². The van der Waals surface area contributed by atoms with Crippen molar-refractivity contribution in [2.75, 3.05) is 0 Å². The molecule has 6 heavy (non-hydrogen) atoms. The van der Waals surface area contributed by atoms with E-state index >= 15 is 0 Å². The number of halogens is 2. The van der Waals surface area contributed by atoms with Crippen molar-refractivity contribution in [3.63, 3.8) is 0 Å². The molecular weight excluding hydrogens is 193 g/mol. The molecule has 0 atom stereocenters. The van der Waals surface area contributed by atoms with Crippen LogP contribution in [0.5, 0.6) is 0 Å². The summed E-state index contributed by atoms with van der Waals surface area (Å²) in [6.07, 6.45) is 0. The van der Waals surface area contributed by atoms with E-state index in [4.69, 9.17) is 0 Å². The first-order valence-electron chi connectivity index (χ1n) is 0. The Kier molecular flexibility index (Phi) is 540. The van der Waals surface area contributed by atoms with E-state index in [1.165, 1.54) is 0 Å². The van der Waals surface area contributed by atoms with Crippen LogP contribution in [0.3, 0.4) is 0 Å². The Morgan fingerprint density at radius 2 is 0.500 bits per heavy atom. The second kappa shape index (κ2) is 46.7. The Balaban J connectivity index is 0. The van der Waals surface area contributed by atoms with Gasteiger partial charge in [-0.15, -0.1) is 0 Å². The Morgan fingerprint density at radius 1 is 0.500 bits per heavy atom. The summed E-state index contributed by atoms with van der Waals surface area (Å²) in [4.78, 5) is 0. The minimum Gasteiger partial charge on any atom is -1.00 e. The smallest absolute Gasteiger partial charge is 1.00 e. The van der Waals surface area contributed by atoms with E-state index in [2.05, 4.69) is 0 Å². The minimum atomic E-state index is 0. The Labute approximate surface area is 96.7 Å². The molecule has 0 heterocycles. The Morgan fingerprint density at radius 3 is 0.500 bits per heavy atom. The van der Waals surface area contributed by atoms with Crippen molar-refractivity contribution < 1.29 is 90.5 Å². The quantitative estimate of drug-likeness (QED) is 0.266. The molecule has 0 aliphatic rings. The van der Waals surface area contributed by atoms with Crippen molar-refractivity contribution >= 4 is 0 Å². The summed E-state index contributed by atoms with van der Waals surface area (Å²) in [5.41, 5.74) is 0. The van der Waals surface area contributed by atoms with Crippen LogP contribution in [0, 0.1) is 7.43 Å². The van der Waals surface area contributed by atoms with E-state index in [0.717, 1.165) is 0 Å². The molecule has 0 saturated carbocycles. The Hall–Kier alpha value is 2.75. The molecule has 0 fully saturated rings. The van der Waals surface area contributed by atoms with Crippen LogP contribution in [0.25, 0.3) is 0 Å². The van der Waals surface area contributed by atoms with E-state index in [-0.39, 0.29) is 98.0 Å². The minimum absolute atomic E-state index is 0. The second-order valence-electron chi connectivity index (χ2n) is 0. The van der Waals surface area contributed by atoms with Gasteiger partial charge in [-0.25, -0.2) is 0 Å². The summed E-state index contributed by atoms with van der Waals surface area (Å²) >= 11 is 0. The van der Waals surface area contributed by atoms with Gasteiger partial charge >= 0.3 is 56.6 Å². The molecule has 0 spiro atoms. The SMILES string of the molecule is [Br-].[Br-].[CH3-].[Li+].[Li+].[Li+]. The van der Waals surface area contributed by atoms with Gasteiger partial charge in [0.25, 0.3) is 0 Å². The second-order valence-corrected chi connectivity index (χ2v) is 0. The summed E-state index contributed by atoms with van der Waals surface area (Å²) in [6, 6.07) is 0. The van der Waals surface area contributed by atoms with E-state index in [1.54, 1.807) is 0 Å². The van der Waals surface area contributed by atoms with Gasteiger partial charge in [-0.2, -0.15) is 0 Å². The van der Waals surface area contributed by atoms with Crippen LogP contribution in [0.15, 0.2) is 0 Å². The molecule has 0 radical (unpaired) electrons. The number of rotatable bonds is 0. The zero-order valence-electron chi connectivity index (χ0n) is 4.76. The maximum Gasteiger partial charge on any atom is 1.00 e. The fourth-order valence-corrected chi connectivity index (χ4v) is 0. The van der Waals surface area contributed by atoms with Crippen LogP contribution in [-0.2, 0) is 0 Å². The molecule has 0 bridgehead atoms. The number of hydrogen-bond acceptors (Lipinski definition) is 0. The third-order valence-electron chi connectivity index (χ3n) is 0. The van der Waals surface area contributed by atoms with Crippen LogP contribution in [0.4, 0.5) is 0 Å². The zero-order valence-corrected chi connectivity index (χ0v) is 7.93. The first-order valence-corrected chi connectivity index (χ1v) is 0. The molecule has 0 N–H and O–H groups in total. The van der Waals surface area contributed by atoms with Crippen molar-refractivity contribution in [1.29, 1.82) is 0 Å². The fourth-order valence-electron chi connectivity index (χ4n) is 0. The summed E-state index contributed by atoms with van der Waals surface area (Å²) in [5, 5.41) is 0. The number of hydrogen-bond donors (Lipinski definition) is 0. The van der Waals surface area contributed by atoms with Crippen LogP contribution in [-0.4, -0.2) is 0 Å². The van der Waals surface area contributed by atoms with Gasteiger partial charge in [-0.05, 0) is 0 Å². The van der Waals surface area contributed by atoms with Gasteiger partial charge in [0.05, 0.1) is 0 Å². The van der Waals surface area contributed by atoms with Crippen LogP contribution in [0.2, 0.25) is 0 Å². The molecule has 0 aromatic heterocycles. The van der Waals surface area contributed by atoms with Gasteiger partial charge in [0.2, 0.25) is 0 Å². The van der Waals surface area contributed by atoms with E-state index in [0.29, 0.717) is 0 Å². The van der Waals surface area contributed by atoms with Crippen molar-refractivity contribution in [2.24, 2.45) is 0 Å². The topological polar surface area (TPSA) is 0 Å². The molecule has 0 unspecified atom stereocenters. The third kappa shape index (κ3) is 29.5. The van der Waals surface area contributed by atoms with E-state index in [1.807, 2.05) is 0 Å². The molecule has 0 aromatic rings.